The van der Waals surface area contributed by atoms with Gasteiger partial charge >= 0.3 is 0 Å². The van der Waals surface area contributed by atoms with Gasteiger partial charge in [0, 0.05) is 37.9 Å². The molecule has 0 unspecified atom stereocenters. The number of halogens is 3. The number of benzene rings is 1. The molecule has 25 heavy (non-hydrogen) atoms. The van der Waals surface area contributed by atoms with E-state index in [0.717, 1.165) is 18.4 Å². The fraction of sp³-hybridized carbons (Fsp3) is 0.333. The van der Waals surface area contributed by atoms with Crippen molar-refractivity contribution >= 4 is 9.84 Å². The van der Waals surface area contributed by atoms with Crippen molar-refractivity contribution in [2.24, 2.45) is 0 Å². The number of fused-ring (bicyclic) bond motifs is 1. The molecule has 0 spiro atoms. The van der Waals surface area contributed by atoms with Crippen molar-refractivity contribution in [2.45, 2.75) is 24.7 Å². The van der Waals surface area contributed by atoms with Gasteiger partial charge in [0.05, 0.1) is 11.3 Å². The van der Waals surface area contributed by atoms with E-state index in [1.165, 1.54) is 0 Å². The standard InChI is InChI=1S/C15H14F3N3O3S/c1-25(23,24)15-19-11-4-5-21(7-9(11)14(22)20-15)6-8-2-3-10(16)13(18)12(8)17/h2-3H,4-7H2,1H3,(H,19,20,22). The smallest absolute Gasteiger partial charge is 0.256 e. The number of hydrogen-bond acceptors (Lipinski definition) is 5. The van der Waals surface area contributed by atoms with Gasteiger partial charge in [-0.2, -0.15) is 0 Å². The third-order valence-electron chi connectivity index (χ3n) is 3.99. The molecule has 0 saturated carbocycles. The third-order valence-corrected chi connectivity index (χ3v) is 4.88. The molecule has 0 saturated heterocycles. The molecule has 0 aliphatic carbocycles. The average Bonchev–Trinajstić information content (AvgIpc) is 2.55. The van der Waals surface area contributed by atoms with Crippen molar-refractivity contribution in [1.29, 1.82) is 0 Å². The average molecular weight is 373 g/mol. The predicted octanol–water partition coefficient (Wildman–Crippen LogP) is 1.15. The first kappa shape index (κ1) is 17.6. The molecule has 134 valence electrons. The van der Waals surface area contributed by atoms with Gasteiger partial charge in [0.2, 0.25) is 15.0 Å². The number of sulfone groups is 1. The van der Waals surface area contributed by atoms with Crippen LogP contribution in [0.2, 0.25) is 0 Å². The Labute approximate surface area is 141 Å². The Hall–Kier alpha value is -2.20. The lowest BCUT2D eigenvalue weighted by molar-refractivity contribution is 0.236. The zero-order chi connectivity index (χ0) is 18.4. The molecule has 1 N–H and O–H groups in total. The highest BCUT2D eigenvalue weighted by Crippen LogP contribution is 2.21. The lowest BCUT2D eigenvalue weighted by Crippen LogP contribution is -2.36. The van der Waals surface area contributed by atoms with Crippen molar-refractivity contribution in [1.82, 2.24) is 14.9 Å². The normalized spacial score (nSPS) is 15.2. The summed E-state index contributed by atoms with van der Waals surface area (Å²) in [5, 5.41) is -0.392. The van der Waals surface area contributed by atoms with Crippen LogP contribution in [0.3, 0.4) is 0 Å². The van der Waals surface area contributed by atoms with E-state index in [4.69, 9.17) is 0 Å². The van der Waals surface area contributed by atoms with Gasteiger partial charge in [-0.05, 0) is 6.07 Å². The van der Waals surface area contributed by atoms with Crippen LogP contribution in [-0.4, -0.2) is 36.1 Å². The van der Waals surface area contributed by atoms with Gasteiger partial charge in [-0.1, -0.05) is 6.07 Å². The molecule has 0 atom stereocenters. The molecule has 1 aromatic heterocycles. The minimum absolute atomic E-state index is 0.0181. The van der Waals surface area contributed by atoms with Gasteiger partial charge in [-0.25, -0.2) is 26.6 Å². The van der Waals surface area contributed by atoms with E-state index < -0.39 is 38.0 Å². The lowest BCUT2D eigenvalue weighted by atomic mass is 10.1. The van der Waals surface area contributed by atoms with E-state index in [1.54, 1.807) is 4.90 Å². The first-order valence-electron chi connectivity index (χ1n) is 7.33. The minimum atomic E-state index is -3.64. The highest BCUT2D eigenvalue weighted by Gasteiger charge is 2.24. The van der Waals surface area contributed by atoms with Crippen LogP contribution < -0.4 is 5.56 Å². The SMILES string of the molecule is CS(=O)(=O)c1nc2c(c(=O)[nH]1)CN(Cc1ccc(F)c(F)c1F)CC2. The number of rotatable bonds is 3. The number of nitrogens with one attached hydrogen (secondary N) is 1. The fourth-order valence-electron chi connectivity index (χ4n) is 2.70. The number of hydrogen-bond donors (Lipinski definition) is 1. The second-order valence-corrected chi connectivity index (χ2v) is 7.79. The summed E-state index contributed by atoms with van der Waals surface area (Å²) in [6, 6.07) is 2.00. The maximum Gasteiger partial charge on any atom is 0.256 e. The van der Waals surface area contributed by atoms with E-state index >= 15 is 0 Å². The highest BCUT2D eigenvalue weighted by atomic mass is 32.2. The fourth-order valence-corrected chi connectivity index (χ4v) is 3.25. The van der Waals surface area contributed by atoms with E-state index in [-0.39, 0.29) is 30.6 Å². The van der Waals surface area contributed by atoms with Crippen molar-refractivity contribution in [3.63, 3.8) is 0 Å². The summed E-state index contributed by atoms with van der Waals surface area (Å²) in [7, 11) is -3.64. The van der Waals surface area contributed by atoms with Gasteiger partial charge in [0.1, 0.15) is 0 Å². The summed E-state index contributed by atoms with van der Waals surface area (Å²) in [4.78, 5) is 20.0. The van der Waals surface area contributed by atoms with E-state index in [0.29, 0.717) is 12.2 Å². The third kappa shape index (κ3) is 3.45. The number of H-pyrrole nitrogens is 1. The minimum Gasteiger partial charge on any atom is -0.297 e. The summed E-state index contributed by atoms with van der Waals surface area (Å²) in [5.74, 6) is -4.06. The number of nitrogens with zero attached hydrogens (tertiary/aromatic N) is 2. The van der Waals surface area contributed by atoms with Crippen molar-refractivity contribution in [3.8, 4) is 0 Å². The van der Waals surface area contributed by atoms with Crippen LogP contribution in [-0.2, 0) is 29.3 Å². The molecule has 0 bridgehead atoms. The summed E-state index contributed by atoms with van der Waals surface area (Å²) >= 11 is 0. The molecule has 0 fully saturated rings. The molecule has 2 aromatic rings. The summed E-state index contributed by atoms with van der Waals surface area (Å²) in [5.41, 5.74) is 0.0354. The second kappa shape index (κ2) is 6.26. The maximum absolute atomic E-state index is 13.8. The zero-order valence-corrected chi connectivity index (χ0v) is 14.0. The molecular formula is C15H14F3N3O3S. The molecule has 10 heteroatoms. The Morgan fingerprint density at radius 2 is 1.96 bits per heavy atom. The number of aromatic nitrogens is 2. The van der Waals surface area contributed by atoms with Gasteiger partial charge in [-0.15, -0.1) is 0 Å². The molecular weight excluding hydrogens is 359 g/mol. The van der Waals surface area contributed by atoms with E-state index in [2.05, 4.69) is 9.97 Å². The van der Waals surface area contributed by atoms with Crippen molar-refractivity contribution in [3.05, 3.63) is 56.8 Å². The summed E-state index contributed by atoms with van der Waals surface area (Å²) in [6.07, 6.45) is 1.23. The lowest BCUT2D eigenvalue weighted by Gasteiger charge is -2.27. The molecule has 1 aromatic carbocycles. The maximum atomic E-state index is 13.8. The van der Waals surface area contributed by atoms with Gasteiger partial charge in [0.25, 0.3) is 5.56 Å². The van der Waals surface area contributed by atoms with Crippen LogP contribution in [0.15, 0.2) is 22.1 Å². The monoisotopic (exact) mass is 373 g/mol. The van der Waals surface area contributed by atoms with Gasteiger partial charge in [-0.3, -0.25) is 14.7 Å². The van der Waals surface area contributed by atoms with Crippen molar-refractivity contribution < 1.29 is 21.6 Å². The molecule has 3 rings (SSSR count). The van der Waals surface area contributed by atoms with E-state index in [1.807, 2.05) is 0 Å². The molecule has 0 radical (unpaired) electrons. The van der Waals surface area contributed by atoms with Crippen molar-refractivity contribution in [2.75, 3.05) is 12.8 Å². The molecule has 0 amide bonds. The van der Waals surface area contributed by atoms with Crippen LogP contribution in [0.1, 0.15) is 16.8 Å². The Morgan fingerprint density at radius 3 is 2.64 bits per heavy atom. The zero-order valence-electron chi connectivity index (χ0n) is 13.1. The molecule has 1 aliphatic heterocycles. The first-order valence-corrected chi connectivity index (χ1v) is 9.23. The molecule has 1 aliphatic rings. The van der Waals surface area contributed by atoms with Gasteiger partial charge in [0.15, 0.2) is 17.5 Å². The molecule has 2 heterocycles. The van der Waals surface area contributed by atoms with Crippen LogP contribution in [0.5, 0.6) is 0 Å². The Bertz CT molecular complexity index is 1010. The first-order chi connectivity index (χ1) is 11.7. The second-order valence-electron chi connectivity index (χ2n) is 5.86. The van der Waals surface area contributed by atoms with Crippen LogP contribution in [0, 0.1) is 17.5 Å². The number of aromatic amines is 1. The Morgan fingerprint density at radius 1 is 1.24 bits per heavy atom. The van der Waals surface area contributed by atoms with E-state index in [9.17, 15) is 26.4 Å². The highest BCUT2D eigenvalue weighted by molar-refractivity contribution is 7.90. The Balaban J connectivity index is 1.87. The Kier molecular flexibility index (Phi) is 4.41. The van der Waals surface area contributed by atoms with Crippen LogP contribution in [0.25, 0.3) is 0 Å². The van der Waals surface area contributed by atoms with Gasteiger partial charge < -0.3 is 0 Å². The van der Waals surface area contributed by atoms with Crippen LogP contribution in [0.4, 0.5) is 13.2 Å². The summed E-state index contributed by atoms with van der Waals surface area (Å²) in [6.45, 7) is 0.445. The largest absolute Gasteiger partial charge is 0.297 e. The summed E-state index contributed by atoms with van der Waals surface area (Å²) < 4.78 is 63.1. The van der Waals surface area contributed by atoms with Crippen LogP contribution >= 0.6 is 0 Å². The topological polar surface area (TPSA) is 83.1 Å². The predicted molar refractivity (Wildman–Crippen MR) is 82.1 cm³/mol. The molecule has 6 nitrogen and oxygen atoms in total. The quantitative estimate of drug-likeness (QED) is 0.645.